The molecule has 0 radical (unpaired) electrons. The van der Waals surface area contributed by atoms with Crippen LogP contribution in [0.3, 0.4) is 0 Å². The van der Waals surface area contributed by atoms with Gasteiger partial charge in [0.25, 0.3) is 0 Å². The summed E-state index contributed by atoms with van der Waals surface area (Å²) < 4.78 is 2.09. The molecule has 0 spiro atoms. The average molecular weight is 218 g/mol. The Morgan fingerprint density at radius 2 is 1.94 bits per heavy atom. The highest BCUT2D eigenvalue weighted by Crippen LogP contribution is 2.30. The van der Waals surface area contributed by atoms with Gasteiger partial charge in [0.1, 0.15) is 0 Å². The van der Waals surface area contributed by atoms with Crippen molar-refractivity contribution in [2.75, 3.05) is 0 Å². The number of aromatic nitrogens is 1. The van der Waals surface area contributed by atoms with Crippen molar-refractivity contribution in [1.29, 1.82) is 0 Å². The molecule has 0 bridgehead atoms. The lowest BCUT2D eigenvalue weighted by Crippen LogP contribution is -2.24. The van der Waals surface area contributed by atoms with E-state index in [4.69, 9.17) is 5.73 Å². The summed E-state index contributed by atoms with van der Waals surface area (Å²) in [5, 5.41) is 11.2. The number of benzene rings is 1. The molecule has 1 aromatic heterocycles. The maximum absolute atomic E-state index is 10.2. The van der Waals surface area contributed by atoms with E-state index in [2.05, 4.69) is 10.6 Å². The lowest BCUT2D eigenvalue weighted by atomic mass is 10.0. The van der Waals surface area contributed by atoms with Gasteiger partial charge in [-0.15, -0.1) is 0 Å². The third-order valence-corrected chi connectivity index (χ3v) is 3.24. The third kappa shape index (κ3) is 1.52. The first-order valence-electron chi connectivity index (χ1n) is 5.51. The maximum Gasteiger partial charge on any atom is 0.0961 e. The van der Waals surface area contributed by atoms with E-state index in [1.807, 2.05) is 39.1 Å². The van der Waals surface area contributed by atoms with Gasteiger partial charge >= 0.3 is 0 Å². The Kier molecular flexibility index (Phi) is 2.74. The van der Waals surface area contributed by atoms with E-state index in [0.29, 0.717) is 0 Å². The van der Waals surface area contributed by atoms with Gasteiger partial charge in [-0.05, 0) is 19.9 Å². The normalized spacial score (nSPS) is 15.3. The van der Waals surface area contributed by atoms with E-state index < -0.39 is 6.10 Å². The summed E-state index contributed by atoms with van der Waals surface area (Å²) in [7, 11) is 2.01. The Balaban J connectivity index is 2.73. The third-order valence-electron chi connectivity index (χ3n) is 3.24. The summed E-state index contributed by atoms with van der Waals surface area (Å²) in [4.78, 5) is 0. The largest absolute Gasteiger partial charge is 0.387 e. The van der Waals surface area contributed by atoms with Crippen molar-refractivity contribution >= 4 is 10.9 Å². The summed E-state index contributed by atoms with van der Waals surface area (Å²) in [5.74, 6) is 0. The zero-order chi connectivity index (χ0) is 11.9. The summed E-state index contributed by atoms with van der Waals surface area (Å²) in [6.45, 7) is 3.84. The first-order chi connectivity index (χ1) is 7.54. The smallest absolute Gasteiger partial charge is 0.0961 e. The van der Waals surface area contributed by atoms with Gasteiger partial charge in [0.2, 0.25) is 0 Å². The number of fused-ring (bicyclic) bond motifs is 1. The van der Waals surface area contributed by atoms with Gasteiger partial charge < -0.3 is 15.4 Å². The number of aryl methyl sites for hydroxylation is 1. The Labute approximate surface area is 95.5 Å². The Morgan fingerprint density at radius 1 is 1.31 bits per heavy atom. The Morgan fingerprint density at radius 3 is 2.56 bits per heavy atom. The number of nitrogens with zero attached hydrogens (tertiary/aromatic N) is 1. The van der Waals surface area contributed by atoms with Crippen LogP contribution in [0.4, 0.5) is 0 Å². The van der Waals surface area contributed by atoms with Gasteiger partial charge in [-0.3, -0.25) is 0 Å². The second-order valence-corrected chi connectivity index (χ2v) is 4.38. The number of para-hydroxylation sites is 1. The van der Waals surface area contributed by atoms with Crippen LogP contribution in [0.25, 0.3) is 10.9 Å². The van der Waals surface area contributed by atoms with Crippen LogP contribution in [-0.2, 0) is 7.05 Å². The minimum absolute atomic E-state index is 0.260. The highest BCUT2D eigenvalue weighted by atomic mass is 16.3. The SMILES string of the molecule is Cc1c(C(O)C(C)N)c2ccccc2n1C. The fraction of sp³-hybridized carbons (Fsp3) is 0.385. The van der Waals surface area contributed by atoms with Gasteiger partial charge in [-0.1, -0.05) is 18.2 Å². The summed E-state index contributed by atoms with van der Waals surface area (Å²) >= 11 is 0. The van der Waals surface area contributed by atoms with Crippen LogP contribution in [0, 0.1) is 6.92 Å². The highest BCUT2D eigenvalue weighted by Gasteiger charge is 2.21. The number of aliphatic hydroxyl groups excluding tert-OH is 1. The van der Waals surface area contributed by atoms with E-state index in [0.717, 1.165) is 22.2 Å². The zero-order valence-corrected chi connectivity index (χ0v) is 9.94. The number of hydrogen-bond donors (Lipinski definition) is 2. The number of nitrogens with two attached hydrogens (primary N) is 1. The van der Waals surface area contributed by atoms with Crippen molar-refractivity contribution in [3.8, 4) is 0 Å². The molecule has 0 fully saturated rings. The van der Waals surface area contributed by atoms with E-state index in [-0.39, 0.29) is 6.04 Å². The predicted molar refractivity (Wildman–Crippen MR) is 66.3 cm³/mol. The Hall–Kier alpha value is -1.32. The maximum atomic E-state index is 10.2. The molecule has 2 atom stereocenters. The molecule has 0 aliphatic rings. The lowest BCUT2D eigenvalue weighted by Gasteiger charge is -2.15. The molecular formula is C13H18N2O. The summed E-state index contributed by atoms with van der Waals surface area (Å²) in [5.41, 5.74) is 8.94. The molecule has 0 saturated carbocycles. The minimum atomic E-state index is -0.605. The van der Waals surface area contributed by atoms with Gasteiger partial charge in [-0.2, -0.15) is 0 Å². The average Bonchev–Trinajstić information content (AvgIpc) is 2.52. The highest BCUT2D eigenvalue weighted by molar-refractivity contribution is 5.85. The van der Waals surface area contributed by atoms with Gasteiger partial charge in [0.15, 0.2) is 0 Å². The molecule has 1 aromatic carbocycles. The van der Waals surface area contributed by atoms with E-state index in [9.17, 15) is 5.11 Å². The van der Waals surface area contributed by atoms with Crippen LogP contribution >= 0.6 is 0 Å². The minimum Gasteiger partial charge on any atom is -0.387 e. The predicted octanol–water partition coefficient (Wildman–Crippen LogP) is 1.87. The van der Waals surface area contributed by atoms with Gasteiger partial charge in [0.05, 0.1) is 6.10 Å². The second kappa shape index (κ2) is 3.92. The van der Waals surface area contributed by atoms with Crippen LogP contribution < -0.4 is 5.73 Å². The molecule has 0 aliphatic carbocycles. The topological polar surface area (TPSA) is 51.2 Å². The van der Waals surface area contributed by atoms with Crippen LogP contribution in [0.1, 0.15) is 24.3 Å². The summed E-state index contributed by atoms with van der Waals surface area (Å²) in [6.07, 6.45) is -0.605. The number of aliphatic hydroxyl groups is 1. The van der Waals surface area contributed by atoms with Gasteiger partial charge in [-0.25, -0.2) is 0 Å². The molecule has 2 rings (SSSR count). The molecule has 16 heavy (non-hydrogen) atoms. The second-order valence-electron chi connectivity index (χ2n) is 4.38. The molecule has 2 unspecified atom stereocenters. The van der Waals surface area contributed by atoms with Gasteiger partial charge in [0, 0.05) is 35.2 Å². The fourth-order valence-electron chi connectivity index (χ4n) is 2.19. The molecule has 3 N–H and O–H groups in total. The first-order valence-corrected chi connectivity index (χ1v) is 5.51. The molecule has 3 nitrogen and oxygen atoms in total. The number of rotatable bonds is 2. The molecule has 1 heterocycles. The van der Waals surface area contributed by atoms with E-state index in [1.54, 1.807) is 0 Å². The zero-order valence-electron chi connectivity index (χ0n) is 9.94. The van der Waals surface area contributed by atoms with Crippen molar-refractivity contribution in [3.63, 3.8) is 0 Å². The Bertz CT molecular complexity index is 514. The quantitative estimate of drug-likeness (QED) is 0.808. The molecule has 2 aromatic rings. The van der Waals surface area contributed by atoms with Crippen LogP contribution in [0.15, 0.2) is 24.3 Å². The standard InChI is InChI=1S/C13H18N2O/c1-8(14)13(16)12-9(2)15(3)11-7-5-4-6-10(11)12/h4-8,13,16H,14H2,1-3H3. The first kappa shape index (κ1) is 11.2. The molecule has 86 valence electrons. The van der Waals surface area contributed by atoms with Crippen molar-refractivity contribution in [1.82, 2.24) is 4.57 Å². The molecular weight excluding hydrogens is 200 g/mol. The fourth-order valence-corrected chi connectivity index (χ4v) is 2.19. The summed E-state index contributed by atoms with van der Waals surface area (Å²) in [6, 6.07) is 7.82. The van der Waals surface area contributed by atoms with Crippen LogP contribution in [0.5, 0.6) is 0 Å². The van der Waals surface area contributed by atoms with Crippen LogP contribution in [-0.4, -0.2) is 15.7 Å². The number of hydrogen-bond acceptors (Lipinski definition) is 2. The van der Waals surface area contributed by atoms with Crippen molar-refractivity contribution < 1.29 is 5.11 Å². The molecule has 3 heteroatoms. The lowest BCUT2D eigenvalue weighted by molar-refractivity contribution is 0.154. The van der Waals surface area contributed by atoms with Crippen LogP contribution in [0.2, 0.25) is 0 Å². The molecule has 0 amide bonds. The molecule has 0 saturated heterocycles. The van der Waals surface area contributed by atoms with Crippen molar-refractivity contribution in [2.45, 2.75) is 26.0 Å². The van der Waals surface area contributed by atoms with Crippen molar-refractivity contribution in [2.24, 2.45) is 12.8 Å². The molecule has 0 aliphatic heterocycles. The monoisotopic (exact) mass is 218 g/mol. The van der Waals surface area contributed by atoms with E-state index in [1.165, 1.54) is 0 Å². The van der Waals surface area contributed by atoms with Crippen molar-refractivity contribution in [3.05, 3.63) is 35.5 Å². The van der Waals surface area contributed by atoms with E-state index >= 15 is 0 Å².